The second-order valence-electron chi connectivity index (χ2n) is 6.69. The van der Waals surface area contributed by atoms with E-state index in [9.17, 15) is 0 Å². The van der Waals surface area contributed by atoms with Crippen LogP contribution in [0.2, 0.25) is 0 Å². The Bertz CT molecular complexity index is 754. The molecule has 0 spiro atoms. The van der Waals surface area contributed by atoms with Crippen molar-refractivity contribution in [2.45, 2.75) is 26.4 Å². The molecule has 0 saturated carbocycles. The minimum absolute atomic E-state index is 0.322. The van der Waals surface area contributed by atoms with Gasteiger partial charge < -0.3 is 15.4 Å². The van der Waals surface area contributed by atoms with Gasteiger partial charge in [-0.25, -0.2) is 0 Å². The average Bonchev–Trinajstić information content (AvgIpc) is 3.12. The molecular formula is C20H29N5OS. The highest BCUT2D eigenvalue weighted by Crippen LogP contribution is 2.27. The van der Waals surface area contributed by atoms with Crippen molar-refractivity contribution < 1.29 is 4.74 Å². The highest BCUT2D eigenvalue weighted by atomic mass is 32.1. The van der Waals surface area contributed by atoms with Crippen molar-refractivity contribution in [3.05, 3.63) is 51.5 Å². The fourth-order valence-electron chi connectivity index (χ4n) is 3.22. The lowest BCUT2D eigenvalue weighted by Gasteiger charge is -2.34. The van der Waals surface area contributed by atoms with Gasteiger partial charge in [0.1, 0.15) is 0 Å². The number of pyridine rings is 1. The number of morpholine rings is 1. The molecule has 3 rings (SSSR count). The van der Waals surface area contributed by atoms with Crippen LogP contribution in [0, 0.1) is 13.8 Å². The number of rotatable bonds is 6. The van der Waals surface area contributed by atoms with E-state index in [2.05, 4.69) is 57.6 Å². The molecule has 27 heavy (non-hydrogen) atoms. The summed E-state index contributed by atoms with van der Waals surface area (Å²) in [6.07, 6.45) is 1.83. The Morgan fingerprint density at radius 1 is 1.26 bits per heavy atom. The molecule has 1 atom stereocenters. The quantitative estimate of drug-likeness (QED) is 0.589. The third-order valence-corrected chi connectivity index (χ3v) is 5.91. The first-order valence-corrected chi connectivity index (χ1v) is 10.2. The van der Waals surface area contributed by atoms with Gasteiger partial charge in [-0.05, 0) is 37.6 Å². The molecule has 1 fully saturated rings. The summed E-state index contributed by atoms with van der Waals surface area (Å²) in [5.41, 5.74) is 2.22. The molecule has 146 valence electrons. The van der Waals surface area contributed by atoms with Crippen molar-refractivity contribution >= 4 is 17.3 Å². The van der Waals surface area contributed by atoms with Crippen LogP contribution < -0.4 is 10.6 Å². The van der Waals surface area contributed by atoms with Crippen LogP contribution in [-0.2, 0) is 11.3 Å². The van der Waals surface area contributed by atoms with Crippen LogP contribution in [0.1, 0.15) is 27.1 Å². The largest absolute Gasteiger partial charge is 0.379 e. The molecule has 7 heteroatoms. The number of nitrogens with zero attached hydrogens (tertiary/aromatic N) is 3. The van der Waals surface area contributed by atoms with Crippen LogP contribution in [0.5, 0.6) is 0 Å². The summed E-state index contributed by atoms with van der Waals surface area (Å²) in [7, 11) is 1.81. The number of hydrogen-bond donors (Lipinski definition) is 2. The summed E-state index contributed by atoms with van der Waals surface area (Å²) in [5.74, 6) is 0.798. The van der Waals surface area contributed by atoms with Gasteiger partial charge in [0.25, 0.3) is 0 Å². The third kappa shape index (κ3) is 5.51. The zero-order valence-electron chi connectivity index (χ0n) is 16.4. The molecular weight excluding hydrogens is 358 g/mol. The number of aliphatic imine (C=N–C) groups is 1. The zero-order chi connectivity index (χ0) is 19.1. The van der Waals surface area contributed by atoms with Crippen molar-refractivity contribution in [3.63, 3.8) is 0 Å². The molecule has 0 aromatic carbocycles. The number of aryl methyl sites for hydroxylation is 2. The lowest BCUT2D eigenvalue weighted by molar-refractivity contribution is 0.0177. The van der Waals surface area contributed by atoms with E-state index in [1.54, 1.807) is 7.05 Å². The molecule has 0 radical (unpaired) electrons. The summed E-state index contributed by atoms with van der Waals surface area (Å²) >= 11 is 1.87. The van der Waals surface area contributed by atoms with Crippen molar-refractivity contribution in [2.24, 2.45) is 4.99 Å². The number of ether oxygens (including phenoxy) is 1. The second-order valence-corrected chi connectivity index (χ2v) is 8.01. The number of guanidine groups is 1. The van der Waals surface area contributed by atoms with Gasteiger partial charge in [-0.3, -0.25) is 14.9 Å². The van der Waals surface area contributed by atoms with Gasteiger partial charge in [-0.1, -0.05) is 6.07 Å². The molecule has 0 aliphatic carbocycles. The van der Waals surface area contributed by atoms with Crippen LogP contribution in [-0.4, -0.2) is 55.7 Å². The van der Waals surface area contributed by atoms with Crippen LogP contribution in [0.3, 0.4) is 0 Å². The molecule has 1 unspecified atom stereocenters. The molecule has 1 aliphatic rings. The maximum atomic E-state index is 5.53. The van der Waals surface area contributed by atoms with Gasteiger partial charge in [0, 0.05) is 42.6 Å². The smallest absolute Gasteiger partial charge is 0.191 e. The normalized spacial score (nSPS) is 16.9. The second kappa shape index (κ2) is 9.82. The number of nitrogens with one attached hydrogen (secondary N) is 2. The molecule has 3 heterocycles. The van der Waals surface area contributed by atoms with E-state index in [1.807, 2.05) is 23.6 Å². The van der Waals surface area contributed by atoms with Crippen molar-refractivity contribution in [1.82, 2.24) is 20.5 Å². The highest BCUT2D eigenvalue weighted by Gasteiger charge is 2.24. The van der Waals surface area contributed by atoms with E-state index in [0.29, 0.717) is 12.6 Å². The Balaban J connectivity index is 1.61. The predicted molar refractivity (Wildman–Crippen MR) is 111 cm³/mol. The summed E-state index contributed by atoms with van der Waals surface area (Å²) < 4.78 is 5.53. The van der Waals surface area contributed by atoms with E-state index < -0.39 is 0 Å². The van der Waals surface area contributed by atoms with Gasteiger partial charge in [0.2, 0.25) is 0 Å². The van der Waals surface area contributed by atoms with Crippen molar-refractivity contribution in [2.75, 3.05) is 39.9 Å². The predicted octanol–water partition coefficient (Wildman–Crippen LogP) is 2.50. The van der Waals surface area contributed by atoms with Gasteiger partial charge in [-0.15, -0.1) is 11.3 Å². The first kappa shape index (κ1) is 19.8. The maximum Gasteiger partial charge on any atom is 0.191 e. The number of aromatic nitrogens is 1. The highest BCUT2D eigenvalue weighted by molar-refractivity contribution is 7.12. The lowest BCUT2D eigenvalue weighted by atomic mass is 10.2. The first-order valence-electron chi connectivity index (χ1n) is 9.40. The van der Waals surface area contributed by atoms with Crippen molar-refractivity contribution in [3.8, 4) is 0 Å². The van der Waals surface area contributed by atoms with Crippen LogP contribution in [0.15, 0.2) is 35.5 Å². The monoisotopic (exact) mass is 387 g/mol. The molecule has 2 aromatic heterocycles. The Labute approximate surface area is 165 Å². The molecule has 1 aliphatic heterocycles. The van der Waals surface area contributed by atoms with Gasteiger partial charge in [0.05, 0.1) is 31.5 Å². The molecule has 1 saturated heterocycles. The maximum absolute atomic E-state index is 5.53. The topological polar surface area (TPSA) is 61.8 Å². The Morgan fingerprint density at radius 3 is 2.74 bits per heavy atom. The SMILES string of the molecule is CN=C(NCc1ncccc1C)NCC(c1ccc(C)s1)N1CCOCC1. The molecule has 6 nitrogen and oxygen atoms in total. The fourth-order valence-corrected chi connectivity index (χ4v) is 4.23. The van der Waals surface area contributed by atoms with Crippen LogP contribution in [0.25, 0.3) is 0 Å². The first-order chi connectivity index (χ1) is 13.2. The van der Waals surface area contributed by atoms with Gasteiger partial charge >= 0.3 is 0 Å². The third-order valence-electron chi connectivity index (χ3n) is 4.80. The van der Waals surface area contributed by atoms with E-state index in [1.165, 1.54) is 15.3 Å². The fraction of sp³-hybridized carbons (Fsp3) is 0.500. The minimum atomic E-state index is 0.322. The van der Waals surface area contributed by atoms with E-state index in [4.69, 9.17) is 4.74 Å². The Kier molecular flexibility index (Phi) is 7.20. The molecule has 2 aromatic rings. The standard InChI is InChI=1S/C20H29N5OS/c1-15-5-4-8-22-17(15)13-23-20(21-3)24-14-18(19-7-6-16(2)27-19)25-9-11-26-12-10-25/h4-8,18H,9-14H2,1-3H3,(H2,21,23,24). The summed E-state index contributed by atoms with van der Waals surface area (Å²) in [4.78, 5) is 14.0. The minimum Gasteiger partial charge on any atom is -0.379 e. The van der Waals surface area contributed by atoms with E-state index >= 15 is 0 Å². The van der Waals surface area contributed by atoms with E-state index in [-0.39, 0.29) is 0 Å². The Hall–Kier alpha value is -1.96. The van der Waals surface area contributed by atoms with Crippen LogP contribution >= 0.6 is 11.3 Å². The molecule has 0 bridgehead atoms. The summed E-state index contributed by atoms with van der Waals surface area (Å²) in [5, 5.41) is 6.88. The van der Waals surface area contributed by atoms with Crippen LogP contribution in [0.4, 0.5) is 0 Å². The summed E-state index contributed by atoms with van der Waals surface area (Å²) in [6.45, 7) is 9.22. The summed E-state index contributed by atoms with van der Waals surface area (Å²) in [6, 6.07) is 8.80. The average molecular weight is 388 g/mol. The zero-order valence-corrected chi connectivity index (χ0v) is 17.2. The number of thiophene rings is 1. The van der Waals surface area contributed by atoms with Gasteiger partial charge in [-0.2, -0.15) is 0 Å². The van der Waals surface area contributed by atoms with E-state index in [0.717, 1.165) is 44.5 Å². The van der Waals surface area contributed by atoms with Crippen molar-refractivity contribution in [1.29, 1.82) is 0 Å². The molecule has 0 amide bonds. The Morgan fingerprint density at radius 2 is 2.07 bits per heavy atom. The van der Waals surface area contributed by atoms with Gasteiger partial charge in [0.15, 0.2) is 5.96 Å². The lowest BCUT2D eigenvalue weighted by Crippen LogP contribution is -2.46. The number of hydrogen-bond acceptors (Lipinski definition) is 5. The molecule has 2 N–H and O–H groups in total.